The zero-order valence-electron chi connectivity index (χ0n) is 21.9. The lowest BCUT2D eigenvalue weighted by molar-refractivity contribution is -0.137. The van der Waals surface area contributed by atoms with Gasteiger partial charge in [0.2, 0.25) is 0 Å². The van der Waals surface area contributed by atoms with E-state index in [1.807, 2.05) is 24.3 Å². The van der Waals surface area contributed by atoms with Gasteiger partial charge in [-0.25, -0.2) is 9.07 Å². The van der Waals surface area contributed by atoms with Crippen LogP contribution in [0.3, 0.4) is 0 Å². The largest absolute Gasteiger partial charge is 0.497 e. The van der Waals surface area contributed by atoms with Gasteiger partial charge >= 0.3 is 5.97 Å². The predicted molar refractivity (Wildman–Crippen MR) is 148 cm³/mol. The molecule has 2 aliphatic carbocycles. The molecule has 0 bridgehead atoms. The lowest BCUT2D eigenvalue weighted by atomic mass is 9.83. The first kappa shape index (κ1) is 27.7. The second-order valence-electron chi connectivity index (χ2n) is 10.6. The molecule has 1 aromatic heterocycles. The summed E-state index contributed by atoms with van der Waals surface area (Å²) in [5.74, 6) is 0.347. The van der Waals surface area contributed by atoms with Gasteiger partial charge in [0.25, 0.3) is 0 Å². The second kappa shape index (κ2) is 11.2. The Balaban J connectivity index is 0.00000336. The topological polar surface area (TPSA) is 86.5 Å². The van der Waals surface area contributed by atoms with E-state index in [1.54, 1.807) is 23.9 Å². The molecule has 1 atom stereocenters. The van der Waals surface area contributed by atoms with E-state index in [9.17, 15) is 14.3 Å². The Kier molecular flexibility index (Phi) is 8.16. The Bertz CT molecular complexity index is 1350. The van der Waals surface area contributed by atoms with E-state index in [4.69, 9.17) is 9.47 Å². The van der Waals surface area contributed by atoms with Crippen molar-refractivity contribution in [1.29, 1.82) is 0 Å². The Morgan fingerprint density at radius 2 is 2.00 bits per heavy atom. The first-order valence-electron chi connectivity index (χ1n) is 12.7. The first-order valence-corrected chi connectivity index (χ1v) is 12.7. The van der Waals surface area contributed by atoms with Gasteiger partial charge in [-0.05, 0) is 78.3 Å². The minimum absolute atomic E-state index is 0. The summed E-state index contributed by atoms with van der Waals surface area (Å²) in [5.41, 5.74) is 3.51. The maximum atomic E-state index is 15.0. The quantitative estimate of drug-likeness (QED) is 0.326. The Hall–Kier alpha value is -3.33. The summed E-state index contributed by atoms with van der Waals surface area (Å²) >= 11 is 0. The van der Waals surface area contributed by atoms with Crippen LogP contribution in [0.25, 0.3) is 11.3 Å². The van der Waals surface area contributed by atoms with E-state index in [0.29, 0.717) is 23.1 Å². The number of aliphatic carboxylic acids is 1. The van der Waals surface area contributed by atoms with Crippen molar-refractivity contribution in [2.75, 3.05) is 7.11 Å². The van der Waals surface area contributed by atoms with E-state index in [0.717, 1.165) is 42.5 Å². The van der Waals surface area contributed by atoms with Crippen molar-refractivity contribution in [2.24, 2.45) is 11.3 Å². The predicted octanol–water partition coefficient (Wildman–Crippen LogP) is 6.28. The summed E-state index contributed by atoms with van der Waals surface area (Å²) in [6.45, 7) is 4.48. The van der Waals surface area contributed by atoms with Crippen molar-refractivity contribution < 1.29 is 23.8 Å². The summed E-state index contributed by atoms with van der Waals surface area (Å²) in [6, 6.07) is 12.2. The normalized spacial score (nSPS) is 16.9. The van der Waals surface area contributed by atoms with Crippen LogP contribution < -0.4 is 9.47 Å². The third-order valence-electron chi connectivity index (χ3n) is 7.47. The minimum atomic E-state index is -0.790. The van der Waals surface area contributed by atoms with Crippen LogP contribution in [0, 0.1) is 17.2 Å². The molecule has 3 aromatic rings. The fraction of sp³-hybridized carbons (Fsp3) is 0.414. The molecule has 0 amide bonds. The lowest BCUT2D eigenvalue weighted by Crippen LogP contribution is -2.15. The molecule has 0 radical (unpaired) electrons. The summed E-state index contributed by atoms with van der Waals surface area (Å²) in [6.07, 6.45) is 6.29. The molecule has 1 N–H and O–H groups in total. The number of carbonyl (C=O) groups is 1. The van der Waals surface area contributed by atoms with Crippen LogP contribution in [-0.4, -0.2) is 33.2 Å². The van der Waals surface area contributed by atoms with E-state index >= 15 is 0 Å². The highest BCUT2D eigenvalue weighted by Crippen LogP contribution is 2.46. The molecule has 0 spiro atoms. The number of ether oxygens (including phenoxy) is 2. The van der Waals surface area contributed by atoms with Gasteiger partial charge in [0, 0.05) is 6.07 Å². The molecular weight excluding hydrogens is 505 g/mol. The third-order valence-corrected chi connectivity index (χ3v) is 7.47. The van der Waals surface area contributed by atoms with Crippen molar-refractivity contribution in [2.45, 2.75) is 58.5 Å². The standard InChI is InChI=1S/C29H32FN3O4.H2S/c1-29(2)13-5-8-23(29)28-25(31-32-33(28)26-15-20(36-3)11-12-24(26)30)17-37-21-7-4-6-19(14-21)22(16-27(34)35)18-9-10-18;/h4,6-8,11-12,14-15,18,22H,5,9-10,13,16-17H2,1-3H3,(H,34,35);1H2/t22-;/m0./s1. The number of rotatable bonds is 10. The molecule has 0 saturated heterocycles. The fourth-order valence-electron chi connectivity index (χ4n) is 5.27. The Morgan fingerprint density at radius 3 is 2.66 bits per heavy atom. The molecular formula is C29H34FN3O4S. The number of hydrogen-bond acceptors (Lipinski definition) is 5. The molecule has 1 heterocycles. The van der Waals surface area contributed by atoms with Crippen LogP contribution in [0.2, 0.25) is 0 Å². The third kappa shape index (κ3) is 5.72. The van der Waals surface area contributed by atoms with Gasteiger partial charge in [-0.1, -0.05) is 37.3 Å². The van der Waals surface area contributed by atoms with Gasteiger partial charge in [0.05, 0.1) is 19.2 Å². The Labute approximate surface area is 229 Å². The number of benzene rings is 2. The van der Waals surface area contributed by atoms with Crippen LogP contribution >= 0.6 is 13.5 Å². The zero-order chi connectivity index (χ0) is 26.2. The SMILES string of the molecule is COc1ccc(F)c(-n2nnc(COc3cccc([C@@H](CC(=O)O)C4CC4)c3)c2C2=CCCC2(C)C)c1.S. The van der Waals surface area contributed by atoms with Crippen molar-refractivity contribution in [3.63, 3.8) is 0 Å². The fourth-order valence-corrected chi connectivity index (χ4v) is 5.27. The van der Waals surface area contributed by atoms with Crippen LogP contribution in [0.15, 0.2) is 48.5 Å². The number of nitrogens with zero attached hydrogens (tertiary/aromatic N) is 3. The highest BCUT2D eigenvalue weighted by atomic mass is 32.1. The van der Waals surface area contributed by atoms with Crippen molar-refractivity contribution >= 4 is 25.0 Å². The van der Waals surface area contributed by atoms with E-state index in [1.165, 1.54) is 6.07 Å². The highest BCUT2D eigenvalue weighted by Gasteiger charge is 2.35. The van der Waals surface area contributed by atoms with Crippen LogP contribution in [-0.2, 0) is 11.4 Å². The molecule has 1 saturated carbocycles. The van der Waals surface area contributed by atoms with Gasteiger partial charge in [0.15, 0.2) is 0 Å². The molecule has 7 nitrogen and oxygen atoms in total. The van der Waals surface area contributed by atoms with Crippen LogP contribution in [0.5, 0.6) is 11.5 Å². The van der Waals surface area contributed by atoms with Crippen molar-refractivity contribution in [1.82, 2.24) is 15.0 Å². The molecule has 1 fully saturated rings. The molecule has 0 aliphatic heterocycles. The molecule has 5 rings (SSSR count). The maximum Gasteiger partial charge on any atom is 0.303 e. The zero-order valence-corrected chi connectivity index (χ0v) is 22.9. The van der Waals surface area contributed by atoms with Gasteiger partial charge in [-0.2, -0.15) is 13.5 Å². The van der Waals surface area contributed by atoms with Gasteiger partial charge in [-0.3, -0.25) is 4.79 Å². The van der Waals surface area contributed by atoms with Crippen LogP contribution in [0.1, 0.15) is 68.8 Å². The molecule has 38 heavy (non-hydrogen) atoms. The first-order chi connectivity index (χ1) is 17.8. The summed E-state index contributed by atoms with van der Waals surface area (Å²) in [5, 5.41) is 18.1. The van der Waals surface area contributed by atoms with Crippen molar-refractivity contribution in [3.05, 3.63) is 71.3 Å². The van der Waals surface area contributed by atoms with Gasteiger partial charge in [-0.15, -0.1) is 5.10 Å². The molecule has 0 unspecified atom stereocenters. The van der Waals surface area contributed by atoms with E-state index < -0.39 is 11.8 Å². The number of methoxy groups -OCH3 is 1. The van der Waals surface area contributed by atoms with Gasteiger partial charge < -0.3 is 14.6 Å². The number of allylic oxidation sites excluding steroid dienone is 2. The molecule has 2 aromatic carbocycles. The van der Waals surface area contributed by atoms with E-state index in [-0.39, 0.29) is 43.5 Å². The molecule has 202 valence electrons. The number of carboxylic acids is 1. The average molecular weight is 540 g/mol. The van der Waals surface area contributed by atoms with E-state index in [2.05, 4.69) is 30.2 Å². The maximum absolute atomic E-state index is 15.0. The van der Waals surface area contributed by atoms with Crippen molar-refractivity contribution in [3.8, 4) is 17.2 Å². The lowest BCUT2D eigenvalue weighted by Gasteiger charge is -2.24. The summed E-state index contributed by atoms with van der Waals surface area (Å²) in [4.78, 5) is 11.4. The van der Waals surface area contributed by atoms with Gasteiger partial charge in [0.1, 0.15) is 35.3 Å². The van der Waals surface area contributed by atoms with Crippen LogP contribution in [0.4, 0.5) is 4.39 Å². The molecule has 2 aliphatic rings. The number of halogens is 1. The second-order valence-corrected chi connectivity index (χ2v) is 10.6. The molecule has 9 heteroatoms. The number of aromatic nitrogens is 3. The summed E-state index contributed by atoms with van der Waals surface area (Å²) in [7, 11) is 1.54. The number of hydrogen-bond donors (Lipinski definition) is 1. The Morgan fingerprint density at radius 1 is 1.21 bits per heavy atom. The smallest absolute Gasteiger partial charge is 0.303 e. The average Bonchev–Trinajstić information content (AvgIpc) is 3.54. The minimum Gasteiger partial charge on any atom is -0.497 e. The monoisotopic (exact) mass is 539 g/mol. The number of carboxylic acid groups (broad SMARTS) is 1. The highest BCUT2D eigenvalue weighted by molar-refractivity contribution is 7.59. The summed E-state index contributed by atoms with van der Waals surface area (Å²) < 4.78 is 28.0.